The van der Waals surface area contributed by atoms with E-state index in [0.29, 0.717) is 40.9 Å². The van der Waals surface area contributed by atoms with Gasteiger partial charge in [0.1, 0.15) is 0 Å². The standard InChI is InChI=1S/C41H67NO3/c1-29(2)30-20-25-41(36(45)42-28-15-13-11-9-8-10-12-14-17-34(43)44)27-26-39(6)31(35(30)41)18-19-33-38(5)23-16-22-37(3,4)32(38)21-24-40(33,39)7/h16,22,30-33,35H,1,8-15,17-21,23-28H2,2-7H3,(H,42,45)(H,43,44)/t30-,31?,32-,33+,35?,38-,39+,40+,41-/m0/s1. The molecule has 0 heterocycles. The van der Waals surface area contributed by atoms with Crippen LogP contribution in [0.4, 0.5) is 0 Å². The van der Waals surface area contributed by atoms with Crippen LogP contribution in [0.25, 0.3) is 0 Å². The van der Waals surface area contributed by atoms with Crippen LogP contribution < -0.4 is 5.32 Å². The number of unbranched alkanes of at least 4 members (excludes halogenated alkanes) is 7. The fraction of sp³-hybridized carbons (Fsp3) is 0.854. The third-order valence-corrected chi connectivity index (χ3v) is 15.4. The lowest BCUT2D eigenvalue weighted by molar-refractivity contribution is -0.225. The Morgan fingerprint density at radius 3 is 2.13 bits per heavy atom. The molecule has 0 saturated heterocycles. The van der Waals surface area contributed by atoms with E-state index in [9.17, 15) is 9.59 Å². The summed E-state index contributed by atoms with van der Waals surface area (Å²) in [5, 5.41) is 12.3. The Hall–Kier alpha value is -1.58. The Morgan fingerprint density at radius 1 is 0.800 bits per heavy atom. The second kappa shape index (κ2) is 13.1. The summed E-state index contributed by atoms with van der Waals surface area (Å²) in [6.45, 7) is 20.6. The Bertz CT molecular complexity index is 1140. The van der Waals surface area contributed by atoms with Crippen molar-refractivity contribution in [1.82, 2.24) is 5.32 Å². The minimum atomic E-state index is -0.683. The number of carboxylic acid groups (broad SMARTS) is 1. The molecule has 0 radical (unpaired) electrons. The lowest BCUT2D eigenvalue weighted by Gasteiger charge is -2.72. The Balaban J connectivity index is 1.24. The minimum absolute atomic E-state index is 0.219. The third kappa shape index (κ3) is 6.01. The molecule has 5 aliphatic rings. The highest BCUT2D eigenvalue weighted by molar-refractivity contribution is 5.83. The lowest BCUT2D eigenvalue weighted by Crippen LogP contribution is -2.66. The fourth-order valence-electron chi connectivity index (χ4n) is 13.0. The molecule has 0 aromatic heterocycles. The molecule has 0 spiro atoms. The zero-order valence-electron chi connectivity index (χ0n) is 29.9. The van der Waals surface area contributed by atoms with Crippen molar-refractivity contribution in [3.05, 3.63) is 24.3 Å². The van der Waals surface area contributed by atoms with Gasteiger partial charge in [-0.05, 0) is 129 Å². The first-order valence-corrected chi connectivity index (χ1v) is 19.1. The van der Waals surface area contributed by atoms with E-state index < -0.39 is 5.97 Å². The topological polar surface area (TPSA) is 66.4 Å². The van der Waals surface area contributed by atoms with Gasteiger partial charge in [0.15, 0.2) is 0 Å². The molecule has 0 aromatic carbocycles. The van der Waals surface area contributed by atoms with Crippen LogP contribution in [0.5, 0.6) is 0 Å². The highest BCUT2D eigenvalue weighted by Gasteiger charge is 2.71. The zero-order valence-corrected chi connectivity index (χ0v) is 29.9. The number of carbonyl (C=O) groups excluding carboxylic acids is 1. The van der Waals surface area contributed by atoms with Crippen molar-refractivity contribution in [2.75, 3.05) is 6.54 Å². The molecule has 0 aliphatic heterocycles. The molecular formula is C41H67NO3. The molecule has 2 unspecified atom stereocenters. The maximum absolute atomic E-state index is 14.3. The molecule has 9 atom stereocenters. The van der Waals surface area contributed by atoms with Crippen LogP contribution in [0, 0.1) is 56.7 Å². The van der Waals surface area contributed by atoms with Gasteiger partial charge in [-0.1, -0.05) is 97.4 Å². The van der Waals surface area contributed by atoms with E-state index in [1.807, 2.05) is 0 Å². The molecule has 4 heteroatoms. The molecule has 0 aromatic rings. The van der Waals surface area contributed by atoms with E-state index in [2.05, 4.69) is 65.6 Å². The van der Waals surface area contributed by atoms with Gasteiger partial charge < -0.3 is 10.4 Å². The molecule has 4 nitrogen and oxygen atoms in total. The summed E-state index contributed by atoms with van der Waals surface area (Å²) in [5.74, 6) is 2.70. The molecule has 1 amide bonds. The molecular weight excluding hydrogens is 554 g/mol. The maximum atomic E-state index is 14.3. The van der Waals surface area contributed by atoms with Crippen LogP contribution in [0.15, 0.2) is 24.3 Å². The first kappa shape index (κ1) is 34.7. The monoisotopic (exact) mass is 622 g/mol. The van der Waals surface area contributed by atoms with Crippen molar-refractivity contribution in [3.63, 3.8) is 0 Å². The van der Waals surface area contributed by atoms with Gasteiger partial charge in [0.25, 0.3) is 0 Å². The van der Waals surface area contributed by atoms with Crippen LogP contribution in [-0.2, 0) is 9.59 Å². The summed E-state index contributed by atoms with van der Waals surface area (Å²) < 4.78 is 0. The summed E-state index contributed by atoms with van der Waals surface area (Å²) in [4.78, 5) is 25.0. The summed E-state index contributed by atoms with van der Waals surface area (Å²) in [7, 11) is 0. The number of hydrogen-bond acceptors (Lipinski definition) is 2. The van der Waals surface area contributed by atoms with Crippen molar-refractivity contribution in [2.24, 2.45) is 56.7 Å². The molecule has 254 valence electrons. The van der Waals surface area contributed by atoms with Crippen LogP contribution in [0.1, 0.15) is 157 Å². The van der Waals surface area contributed by atoms with E-state index in [1.54, 1.807) is 0 Å². The smallest absolute Gasteiger partial charge is 0.303 e. The highest BCUT2D eigenvalue weighted by atomic mass is 16.4. The molecule has 5 aliphatic carbocycles. The molecule has 4 fully saturated rings. The Labute approximate surface area is 276 Å². The van der Waals surface area contributed by atoms with Crippen LogP contribution >= 0.6 is 0 Å². The fourth-order valence-corrected chi connectivity index (χ4v) is 13.0. The summed E-state index contributed by atoms with van der Waals surface area (Å²) >= 11 is 0. The van der Waals surface area contributed by atoms with Gasteiger partial charge in [0, 0.05) is 13.0 Å². The lowest BCUT2D eigenvalue weighted by atomic mass is 9.33. The molecule has 2 N–H and O–H groups in total. The highest BCUT2D eigenvalue weighted by Crippen LogP contribution is 2.77. The number of nitrogens with one attached hydrogen (secondary N) is 1. The Morgan fingerprint density at radius 2 is 1.47 bits per heavy atom. The summed E-state index contributed by atoms with van der Waals surface area (Å²) in [6.07, 6.45) is 25.0. The summed E-state index contributed by atoms with van der Waals surface area (Å²) in [6, 6.07) is 0. The first-order chi connectivity index (χ1) is 21.2. The molecule has 0 bridgehead atoms. The third-order valence-electron chi connectivity index (χ3n) is 15.4. The molecule has 45 heavy (non-hydrogen) atoms. The molecule has 4 saturated carbocycles. The Kier molecular flexibility index (Phi) is 10.1. The largest absolute Gasteiger partial charge is 0.481 e. The number of rotatable bonds is 13. The number of carboxylic acids is 1. The van der Waals surface area contributed by atoms with E-state index in [4.69, 9.17) is 5.11 Å². The number of carbonyl (C=O) groups is 2. The van der Waals surface area contributed by atoms with Crippen molar-refractivity contribution >= 4 is 11.9 Å². The second-order valence-corrected chi connectivity index (χ2v) is 18.0. The van der Waals surface area contributed by atoms with Gasteiger partial charge in [0.05, 0.1) is 5.41 Å². The van der Waals surface area contributed by atoms with Gasteiger partial charge >= 0.3 is 5.97 Å². The number of fused-ring (bicyclic) bond motifs is 7. The minimum Gasteiger partial charge on any atom is -0.481 e. The number of amides is 1. The van der Waals surface area contributed by atoms with E-state index >= 15 is 0 Å². The van der Waals surface area contributed by atoms with Gasteiger partial charge in [0.2, 0.25) is 5.91 Å². The number of hydrogen-bond donors (Lipinski definition) is 2. The molecule has 5 rings (SSSR count). The van der Waals surface area contributed by atoms with Crippen molar-refractivity contribution in [3.8, 4) is 0 Å². The van der Waals surface area contributed by atoms with Gasteiger partial charge in [-0.15, -0.1) is 0 Å². The predicted molar refractivity (Wildman–Crippen MR) is 186 cm³/mol. The quantitative estimate of drug-likeness (QED) is 0.159. The van der Waals surface area contributed by atoms with Gasteiger partial charge in [-0.2, -0.15) is 0 Å². The maximum Gasteiger partial charge on any atom is 0.303 e. The van der Waals surface area contributed by atoms with Crippen molar-refractivity contribution < 1.29 is 14.7 Å². The van der Waals surface area contributed by atoms with E-state index in [1.165, 1.54) is 63.4 Å². The zero-order chi connectivity index (χ0) is 32.7. The van der Waals surface area contributed by atoms with Crippen LogP contribution in [-0.4, -0.2) is 23.5 Å². The van der Waals surface area contributed by atoms with Gasteiger partial charge in [-0.25, -0.2) is 0 Å². The SMILES string of the molecule is C=C(C)[C@@H]1CC[C@]2(C(=O)NCCCCCCCCCCC(=O)O)CC[C@]3(C)C(CC[C@@H]4[C@@]5(C)CC=CC(C)(C)[C@@H]5CC[C@]43C)C12. The average Bonchev–Trinajstić information content (AvgIpc) is 3.37. The average molecular weight is 622 g/mol. The normalized spacial score (nSPS) is 41.3. The van der Waals surface area contributed by atoms with Crippen LogP contribution in [0.3, 0.4) is 0 Å². The first-order valence-electron chi connectivity index (χ1n) is 19.1. The number of aliphatic carboxylic acids is 1. The van der Waals surface area contributed by atoms with Crippen molar-refractivity contribution in [2.45, 2.75) is 157 Å². The predicted octanol–water partition coefficient (Wildman–Crippen LogP) is 10.5. The van der Waals surface area contributed by atoms with Gasteiger partial charge in [-0.3, -0.25) is 9.59 Å². The van der Waals surface area contributed by atoms with E-state index in [-0.39, 0.29) is 16.2 Å². The van der Waals surface area contributed by atoms with Crippen molar-refractivity contribution in [1.29, 1.82) is 0 Å². The van der Waals surface area contributed by atoms with Crippen LogP contribution in [0.2, 0.25) is 0 Å². The summed E-state index contributed by atoms with van der Waals surface area (Å²) in [5.41, 5.74) is 2.34. The van der Waals surface area contributed by atoms with E-state index in [0.717, 1.165) is 69.7 Å². The second-order valence-electron chi connectivity index (χ2n) is 18.0. The number of allylic oxidation sites excluding steroid dienone is 3.